The van der Waals surface area contributed by atoms with Crippen molar-refractivity contribution in [1.82, 2.24) is 58.5 Å². The maximum absolute atomic E-state index is 14.4. The second-order valence-electron chi connectivity index (χ2n) is 23.1. The van der Waals surface area contributed by atoms with Crippen LogP contribution in [-0.4, -0.2) is 216 Å². The molecule has 21 N–H and O–H groups in total. The summed E-state index contributed by atoms with van der Waals surface area (Å²) in [6.07, 6.45) is -4.26. The summed E-state index contributed by atoms with van der Waals surface area (Å²) >= 11 is 0. The maximum Gasteiger partial charge on any atom is 0.326 e. The highest BCUT2D eigenvalue weighted by molar-refractivity contribution is 6.00. The van der Waals surface area contributed by atoms with E-state index in [1.54, 1.807) is 44.2 Å². The SMILES string of the molecule is CC[C@H](C)[C@H](NC(=O)[C@H](CO)NC(=O)[C@H](Cc1ccc(O)cc1)NC(=O)[C@H](CC(=O)O)NC(=O)[C@H](CO)NC(=O)[C@@H](NC(=O)[C@H](Cc1ccccc1)NC(=O)[C@@H](NC(=O)CNC(=O)[C@H](CCC(=O)O)NC(=O)[C@H](C)NC(=O)[C@@H](N)Cc1ccc(O)cc1)[C@@H](C)O)[C@@H](C)CC)C(=O)O. The van der Waals surface area contributed by atoms with Crippen molar-refractivity contribution in [3.8, 4) is 11.5 Å². The number of aliphatic carboxylic acids is 3. The van der Waals surface area contributed by atoms with Crippen LogP contribution in [0.25, 0.3) is 0 Å². The van der Waals surface area contributed by atoms with Crippen LogP contribution in [0.2, 0.25) is 0 Å². The lowest BCUT2D eigenvalue weighted by Gasteiger charge is -2.29. The van der Waals surface area contributed by atoms with Gasteiger partial charge in [-0.2, -0.15) is 0 Å². The van der Waals surface area contributed by atoms with Crippen molar-refractivity contribution < 1.29 is 108 Å². The number of rotatable bonds is 41. The van der Waals surface area contributed by atoms with Crippen molar-refractivity contribution in [2.75, 3.05) is 19.8 Å². The van der Waals surface area contributed by atoms with E-state index < -0.39 is 213 Å². The van der Waals surface area contributed by atoms with Crippen LogP contribution in [0.5, 0.6) is 11.5 Å². The van der Waals surface area contributed by atoms with Crippen LogP contribution in [0.1, 0.15) is 90.3 Å². The zero-order valence-corrected chi connectivity index (χ0v) is 54.2. The van der Waals surface area contributed by atoms with Gasteiger partial charge in [0.2, 0.25) is 65.0 Å². The minimum absolute atomic E-state index is 0.0155. The third-order valence-corrected chi connectivity index (χ3v) is 15.4. The van der Waals surface area contributed by atoms with Crippen LogP contribution in [0.4, 0.5) is 0 Å². The van der Waals surface area contributed by atoms with Crippen LogP contribution in [0.3, 0.4) is 0 Å². The number of carbonyl (C=O) groups is 14. The molecule has 0 heterocycles. The van der Waals surface area contributed by atoms with Crippen LogP contribution < -0.4 is 64.2 Å². The number of hydrogen-bond acceptors (Lipinski definition) is 20. The number of nitrogens with two attached hydrogens (primary N) is 1. The van der Waals surface area contributed by atoms with Crippen LogP contribution >= 0.6 is 0 Å². The van der Waals surface area contributed by atoms with Crippen molar-refractivity contribution in [3.05, 3.63) is 95.6 Å². The highest BCUT2D eigenvalue weighted by atomic mass is 16.4. The first-order valence-electron chi connectivity index (χ1n) is 30.9. The van der Waals surface area contributed by atoms with Gasteiger partial charge in [0.25, 0.3) is 0 Å². The largest absolute Gasteiger partial charge is 0.508 e. The molecule has 34 heteroatoms. The van der Waals surface area contributed by atoms with Gasteiger partial charge >= 0.3 is 17.9 Å². The third kappa shape index (κ3) is 27.5. The summed E-state index contributed by atoms with van der Waals surface area (Å²) in [5.41, 5.74) is 7.32. The molecule has 14 atom stereocenters. The molecule has 3 aromatic rings. The van der Waals surface area contributed by atoms with E-state index in [1.165, 1.54) is 69.3 Å². The molecule has 0 fully saturated rings. The Balaban J connectivity index is 1.81. The smallest absolute Gasteiger partial charge is 0.326 e. The number of carboxylic acid groups (broad SMARTS) is 3. The molecule has 11 amide bonds. The normalized spacial score (nSPS) is 15.4. The Labute approximate surface area is 557 Å². The predicted molar refractivity (Wildman–Crippen MR) is 341 cm³/mol. The molecule has 0 aliphatic rings. The quantitative estimate of drug-likeness (QED) is 0.0254. The second-order valence-corrected chi connectivity index (χ2v) is 23.1. The molecular formula is C63H88N12O22. The van der Waals surface area contributed by atoms with Crippen molar-refractivity contribution in [2.24, 2.45) is 17.6 Å². The number of carboxylic acids is 3. The van der Waals surface area contributed by atoms with E-state index in [-0.39, 0.29) is 36.3 Å². The summed E-state index contributed by atoms with van der Waals surface area (Å²) in [5, 5.41) is 105. The van der Waals surface area contributed by atoms with Gasteiger partial charge in [-0.1, -0.05) is 95.1 Å². The number of benzene rings is 3. The van der Waals surface area contributed by atoms with Crippen molar-refractivity contribution in [1.29, 1.82) is 0 Å². The number of aromatic hydroxyl groups is 2. The highest BCUT2D eigenvalue weighted by Gasteiger charge is 2.38. The van der Waals surface area contributed by atoms with E-state index in [9.17, 15) is 108 Å². The lowest BCUT2D eigenvalue weighted by molar-refractivity contribution is -0.144. The van der Waals surface area contributed by atoms with Crippen LogP contribution in [0, 0.1) is 11.8 Å². The summed E-state index contributed by atoms with van der Waals surface area (Å²) in [7, 11) is 0. The van der Waals surface area contributed by atoms with E-state index in [0.29, 0.717) is 17.5 Å². The lowest BCUT2D eigenvalue weighted by atomic mass is 9.96. The van der Waals surface area contributed by atoms with E-state index in [0.717, 1.165) is 6.92 Å². The number of phenols is 2. The number of carbonyl (C=O) groups excluding carboxylic acids is 11. The first kappa shape index (κ1) is 80.9. The molecule has 97 heavy (non-hydrogen) atoms. The minimum Gasteiger partial charge on any atom is -0.508 e. The maximum atomic E-state index is 14.4. The summed E-state index contributed by atoms with van der Waals surface area (Å²) in [4.78, 5) is 186. The van der Waals surface area contributed by atoms with Crippen molar-refractivity contribution in [2.45, 2.75) is 165 Å². The Bertz CT molecular complexity index is 3210. The van der Waals surface area contributed by atoms with Crippen LogP contribution in [-0.2, 0) is 86.4 Å². The summed E-state index contributed by atoms with van der Waals surface area (Å²) < 4.78 is 0. The van der Waals surface area contributed by atoms with E-state index in [1.807, 2.05) is 0 Å². The van der Waals surface area contributed by atoms with Gasteiger partial charge in [0.1, 0.15) is 71.9 Å². The topological polar surface area (TPSA) is 559 Å². The lowest BCUT2D eigenvalue weighted by Crippen LogP contribution is -2.62. The van der Waals surface area contributed by atoms with E-state index >= 15 is 0 Å². The molecule has 3 aromatic carbocycles. The van der Waals surface area contributed by atoms with Gasteiger partial charge in [0, 0.05) is 19.3 Å². The number of nitrogens with one attached hydrogen (secondary N) is 11. The molecule has 532 valence electrons. The van der Waals surface area contributed by atoms with Gasteiger partial charge < -0.3 is 105 Å². The predicted octanol–water partition coefficient (Wildman–Crippen LogP) is -4.68. The Morgan fingerprint density at radius 2 is 0.835 bits per heavy atom. The monoisotopic (exact) mass is 1360 g/mol. The van der Waals surface area contributed by atoms with Gasteiger partial charge in [-0.3, -0.25) is 62.3 Å². The van der Waals surface area contributed by atoms with Crippen molar-refractivity contribution >= 4 is 82.9 Å². The number of aliphatic hydroxyl groups is 3. The standard InChI is InChI=1S/C63H88N12O22/c1-7-31(3)50(61(94)72-45(29-76)59(92)69-44(27-49(84)85)57(90)68-42(26-37-16-20-39(80)21-17-37)56(89)71-46(30-77)60(93)75-51(63(96)97)32(4)8-2)74-58(91)43(25-35-12-10-9-11-13-35)70-62(95)52(34(6)78)73-47(81)28-65-55(88)41(22-23-48(82)83)67-53(86)33(5)66-54(87)40(64)24-36-14-18-38(79)19-15-36/h9-21,31-34,40-46,50-52,76-80H,7-8,22-30,64H2,1-6H3,(H,65,88)(H,66,87)(H,67,86)(H,68,90)(H,69,92)(H,70,95)(H,71,89)(H,72,94)(H,73,81)(H,74,91)(H,75,93)(H,82,83)(H,84,85)(H,96,97)/t31-,32-,33-,34+,40-,41-,42-,43-,44-,45-,46-,50-,51-,52-/m0/s1. The first-order valence-corrected chi connectivity index (χ1v) is 30.9. The molecule has 0 unspecified atom stereocenters. The van der Waals surface area contributed by atoms with Gasteiger partial charge in [-0.25, -0.2) is 4.79 Å². The van der Waals surface area contributed by atoms with Gasteiger partial charge in [-0.05, 0) is 79.5 Å². The molecule has 0 saturated carbocycles. The van der Waals surface area contributed by atoms with Crippen molar-refractivity contribution in [3.63, 3.8) is 0 Å². The molecule has 0 saturated heterocycles. The third-order valence-electron chi connectivity index (χ3n) is 15.4. The van der Waals surface area contributed by atoms with E-state index in [2.05, 4.69) is 58.5 Å². The fourth-order valence-electron chi connectivity index (χ4n) is 9.26. The molecule has 0 aliphatic carbocycles. The summed E-state index contributed by atoms with van der Waals surface area (Å²) in [5.74, 6) is -18.3. The van der Waals surface area contributed by atoms with E-state index in [4.69, 9.17) is 5.73 Å². The van der Waals surface area contributed by atoms with Gasteiger partial charge in [0.15, 0.2) is 0 Å². The fraction of sp³-hybridized carbons (Fsp3) is 0.492. The molecule has 0 aromatic heterocycles. The fourth-order valence-corrected chi connectivity index (χ4v) is 9.26. The minimum atomic E-state index is -2.08. The van der Waals surface area contributed by atoms with Gasteiger partial charge in [-0.15, -0.1) is 0 Å². The molecule has 3 rings (SSSR count). The zero-order valence-electron chi connectivity index (χ0n) is 54.2. The Morgan fingerprint density at radius 3 is 1.33 bits per heavy atom. The average molecular weight is 1370 g/mol. The summed E-state index contributed by atoms with van der Waals surface area (Å²) in [6.45, 7) is 5.50. The van der Waals surface area contributed by atoms with Crippen LogP contribution in [0.15, 0.2) is 78.9 Å². The number of phenolic OH excluding ortho intramolecular Hbond substituents is 2. The molecular weight excluding hydrogens is 1280 g/mol. The molecule has 0 spiro atoms. The zero-order chi connectivity index (χ0) is 72.8. The van der Waals surface area contributed by atoms with Gasteiger partial charge in [0.05, 0.1) is 38.3 Å². The first-order chi connectivity index (χ1) is 45.7. The number of hydrogen-bond donors (Lipinski definition) is 20. The Hall–Kier alpha value is -10.3. The Kier molecular flexibility index (Phi) is 33.5. The average Bonchev–Trinajstić information content (AvgIpc) is 1.30. The summed E-state index contributed by atoms with van der Waals surface area (Å²) in [6, 6.07) is 0.865. The second kappa shape index (κ2) is 40.2. The Morgan fingerprint density at radius 1 is 0.423 bits per heavy atom. The highest BCUT2D eigenvalue weighted by Crippen LogP contribution is 2.16. The molecule has 0 radical (unpaired) electrons. The molecule has 34 nitrogen and oxygen atoms in total. The molecule has 0 aliphatic heterocycles. The number of aliphatic hydroxyl groups excluding tert-OH is 3. The number of amides is 11. The molecule has 0 bridgehead atoms.